The van der Waals surface area contributed by atoms with E-state index < -0.39 is 0 Å². The quantitative estimate of drug-likeness (QED) is 0.840. The van der Waals surface area contributed by atoms with Gasteiger partial charge in [-0.2, -0.15) is 0 Å². The van der Waals surface area contributed by atoms with Crippen molar-refractivity contribution in [3.05, 3.63) is 47.7 Å². The second-order valence-corrected chi connectivity index (χ2v) is 6.68. The highest BCUT2D eigenvalue weighted by molar-refractivity contribution is 5.90. The molecule has 1 aliphatic heterocycles. The van der Waals surface area contributed by atoms with E-state index in [1.807, 2.05) is 24.3 Å². The molecule has 0 radical (unpaired) electrons. The molecular weight excluding hydrogens is 314 g/mol. The second kappa shape index (κ2) is 8.12. The number of pyridine rings is 1. The summed E-state index contributed by atoms with van der Waals surface area (Å²) in [7, 11) is 0. The molecule has 1 atom stereocenters. The van der Waals surface area contributed by atoms with E-state index in [0.29, 0.717) is 23.9 Å². The van der Waals surface area contributed by atoms with Crippen LogP contribution in [0, 0.1) is 19.8 Å². The zero-order chi connectivity index (χ0) is 17.6. The Balaban J connectivity index is 1.50. The van der Waals surface area contributed by atoms with Gasteiger partial charge in [0.25, 0.3) is 0 Å². The van der Waals surface area contributed by atoms with E-state index in [9.17, 15) is 4.79 Å². The van der Waals surface area contributed by atoms with Gasteiger partial charge in [-0.3, -0.25) is 4.79 Å². The Hall–Kier alpha value is -2.40. The number of nitrogens with one attached hydrogen (secondary N) is 2. The number of benzene rings is 1. The third-order valence-electron chi connectivity index (χ3n) is 4.66. The van der Waals surface area contributed by atoms with E-state index in [-0.39, 0.29) is 5.91 Å². The summed E-state index contributed by atoms with van der Waals surface area (Å²) in [6.07, 6.45) is 4.28. The van der Waals surface area contributed by atoms with Crippen LogP contribution in [0.3, 0.4) is 0 Å². The zero-order valence-electron chi connectivity index (χ0n) is 14.8. The number of hydrogen-bond donors (Lipinski definition) is 2. The summed E-state index contributed by atoms with van der Waals surface area (Å²) >= 11 is 0. The zero-order valence-corrected chi connectivity index (χ0v) is 14.8. The molecule has 132 valence electrons. The van der Waals surface area contributed by atoms with Crippen LogP contribution in [0.4, 0.5) is 5.69 Å². The number of rotatable bonds is 6. The average Bonchev–Trinajstić information content (AvgIpc) is 3.12. The number of hydrogen-bond acceptors (Lipinski definition) is 4. The van der Waals surface area contributed by atoms with Gasteiger partial charge in [0.2, 0.25) is 11.8 Å². The molecule has 1 saturated heterocycles. The fourth-order valence-electron chi connectivity index (χ4n) is 2.93. The third-order valence-corrected chi connectivity index (χ3v) is 4.66. The lowest BCUT2D eigenvalue weighted by Gasteiger charge is -2.10. The van der Waals surface area contributed by atoms with Crippen molar-refractivity contribution in [3.8, 4) is 11.6 Å². The normalized spacial score (nSPS) is 16.6. The lowest BCUT2D eigenvalue weighted by atomic mass is 10.0. The Kier molecular flexibility index (Phi) is 5.66. The van der Waals surface area contributed by atoms with Crippen molar-refractivity contribution in [2.45, 2.75) is 33.1 Å². The van der Waals surface area contributed by atoms with Gasteiger partial charge in [-0.15, -0.1) is 0 Å². The van der Waals surface area contributed by atoms with E-state index >= 15 is 0 Å². The highest BCUT2D eigenvalue weighted by Gasteiger charge is 2.15. The topological polar surface area (TPSA) is 63.2 Å². The van der Waals surface area contributed by atoms with Crippen LogP contribution in [0.15, 0.2) is 36.5 Å². The van der Waals surface area contributed by atoms with Crippen molar-refractivity contribution in [2.75, 3.05) is 18.4 Å². The minimum Gasteiger partial charge on any atom is -0.439 e. The van der Waals surface area contributed by atoms with Crippen molar-refractivity contribution >= 4 is 11.6 Å². The number of carbonyl (C=O) groups excluding carboxylic acids is 1. The number of anilines is 1. The molecule has 1 aliphatic rings. The Morgan fingerprint density at radius 2 is 2.16 bits per heavy atom. The second-order valence-electron chi connectivity index (χ2n) is 6.68. The van der Waals surface area contributed by atoms with E-state index in [1.165, 1.54) is 17.5 Å². The van der Waals surface area contributed by atoms with Gasteiger partial charge in [0.1, 0.15) is 5.75 Å². The number of amides is 1. The molecule has 1 aromatic heterocycles. The molecule has 2 aromatic rings. The third kappa shape index (κ3) is 5.03. The molecule has 0 bridgehead atoms. The van der Waals surface area contributed by atoms with Gasteiger partial charge in [0, 0.05) is 12.5 Å². The molecule has 5 heteroatoms. The number of aryl methyl sites for hydroxylation is 2. The van der Waals surface area contributed by atoms with Gasteiger partial charge in [0.15, 0.2) is 0 Å². The summed E-state index contributed by atoms with van der Waals surface area (Å²) < 4.78 is 5.76. The van der Waals surface area contributed by atoms with E-state index in [2.05, 4.69) is 29.5 Å². The fourth-order valence-corrected chi connectivity index (χ4v) is 2.93. The molecule has 0 spiro atoms. The van der Waals surface area contributed by atoms with Crippen molar-refractivity contribution < 1.29 is 9.53 Å². The predicted molar refractivity (Wildman–Crippen MR) is 99.1 cm³/mol. The Morgan fingerprint density at radius 3 is 2.84 bits per heavy atom. The highest BCUT2D eigenvalue weighted by Crippen LogP contribution is 2.23. The van der Waals surface area contributed by atoms with Gasteiger partial charge in [0.05, 0.1) is 11.9 Å². The lowest BCUT2D eigenvalue weighted by molar-refractivity contribution is -0.116. The molecular formula is C20H25N3O2. The van der Waals surface area contributed by atoms with Gasteiger partial charge < -0.3 is 15.4 Å². The summed E-state index contributed by atoms with van der Waals surface area (Å²) in [4.78, 5) is 16.3. The van der Waals surface area contributed by atoms with Crippen LogP contribution in [0.1, 0.15) is 30.4 Å². The smallest absolute Gasteiger partial charge is 0.224 e. The largest absolute Gasteiger partial charge is 0.439 e. The predicted octanol–water partition coefficient (Wildman–Crippen LogP) is 3.82. The van der Waals surface area contributed by atoms with Crippen LogP contribution in [-0.2, 0) is 4.79 Å². The van der Waals surface area contributed by atoms with Gasteiger partial charge in [-0.25, -0.2) is 4.98 Å². The Bertz CT molecular complexity index is 722. The fraction of sp³-hybridized carbons (Fsp3) is 0.400. The van der Waals surface area contributed by atoms with E-state index in [0.717, 1.165) is 25.3 Å². The molecule has 5 nitrogen and oxygen atoms in total. The monoisotopic (exact) mass is 339 g/mol. The van der Waals surface area contributed by atoms with E-state index in [4.69, 9.17) is 4.74 Å². The SMILES string of the molecule is Cc1ccc(Oc2ccc(NC(=O)CCC3CCNC3)cn2)cc1C. The average molecular weight is 339 g/mol. The Labute approximate surface area is 148 Å². The summed E-state index contributed by atoms with van der Waals surface area (Å²) in [6, 6.07) is 9.53. The van der Waals surface area contributed by atoms with Crippen LogP contribution in [0.5, 0.6) is 11.6 Å². The molecule has 2 heterocycles. The number of carbonyl (C=O) groups is 1. The van der Waals surface area contributed by atoms with Gasteiger partial charge in [-0.1, -0.05) is 6.07 Å². The summed E-state index contributed by atoms with van der Waals surface area (Å²) in [5.41, 5.74) is 3.10. The Morgan fingerprint density at radius 1 is 1.28 bits per heavy atom. The van der Waals surface area contributed by atoms with Crippen LogP contribution >= 0.6 is 0 Å². The van der Waals surface area contributed by atoms with Crippen LogP contribution in [-0.4, -0.2) is 24.0 Å². The van der Waals surface area contributed by atoms with E-state index in [1.54, 1.807) is 12.3 Å². The van der Waals surface area contributed by atoms with Crippen molar-refractivity contribution in [1.82, 2.24) is 10.3 Å². The molecule has 25 heavy (non-hydrogen) atoms. The first kappa shape index (κ1) is 17.4. The first-order valence-electron chi connectivity index (χ1n) is 8.82. The van der Waals surface area contributed by atoms with Crippen LogP contribution in [0.2, 0.25) is 0 Å². The van der Waals surface area contributed by atoms with Crippen molar-refractivity contribution in [3.63, 3.8) is 0 Å². The maximum Gasteiger partial charge on any atom is 0.224 e. The minimum atomic E-state index is 0.0385. The maximum absolute atomic E-state index is 12.0. The first-order valence-corrected chi connectivity index (χ1v) is 8.82. The van der Waals surface area contributed by atoms with Crippen molar-refractivity contribution in [2.24, 2.45) is 5.92 Å². The minimum absolute atomic E-state index is 0.0385. The molecule has 1 amide bonds. The molecule has 3 rings (SSSR count). The standard InChI is InChI=1S/C20H25N3O2/c1-14-3-6-18(11-15(14)2)25-20-8-5-17(13-22-20)23-19(24)7-4-16-9-10-21-12-16/h3,5-6,8,11,13,16,21H,4,7,9-10,12H2,1-2H3,(H,23,24). The van der Waals surface area contributed by atoms with Crippen LogP contribution in [0.25, 0.3) is 0 Å². The maximum atomic E-state index is 12.0. The van der Waals surface area contributed by atoms with Crippen molar-refractivity contribution in [1.29, 1.82) is 0 Å². The molecule has 1 fully saturated rings. The first-order chi connectivity index (χ1) is 12.1. The summed E-state index contributed by atoms with van der Waals surface area (Å²) in [5, 5.41) is 6.22. The molecule has 2 N–H and O–H groups in total. The molecule has 0 aliphatic carbocycles. The van der Waals surface area contributed by atoms with Gasteiger partial charge >= 0.3 is 0 Å². The number of ether oxygens (including phenoxy) is 1. The van der Waals surface area contributed by atoms with Crippen LogP contribution < -0.4 is 15.4 Å². The molecule has 1 aromatic carbocycles. The number of aromatic nitrogens is 1. The summed E-state index contributed by atoms with van der Waals surface area (Å²) in [6.45, 7) is 6.21. The highest BCUT2D eigenvalue weighted by atomic mass is 16.5. The van der Waals surface area contributed by atoms with Gasteiger partial charge in [-0.05, 0) is 75.0 Å². The molecule has 0 saturated carbocycles. The molecule has 1 unspecified atom stereocenters. The lowest BCUT2D eigenvalue weighted by Crippen LogP contribution is -2.15. The number of nitrogens with zero attached hydrogens (tertiary/aromatic N) is 1. The summed E-state index contributed by atoms with van der Waals surface area (Å²) in [5.74, 6) is 1.94.